The average molecular weight is 222 g/mol. The molecule has 0 fully saturated rings. The number of aryl methyl sites for hydroxylation is 1. The zero-order valence-electron chi connectivity index (χ0n) is 8.16. The summed E-state index contributed by atoms with van der Waals surface area (Å²) in [6.07, 6.45) is 1.80. The molecule has 0 saturated carbocycles. The van der Waals surface area contributed by atoms with Crippen LogP contribution >= 0.6 is 12.2 Å². The largest absolute Gasteiger partial charge is 0.469 e. The van der Waals surface area contributed by atoms with E-state index in [0.29, 0.717) is 16.2 Å². The van der Waals surface area contributed by atoms with Gasteiger partial charge in [-0.1, -0.05) is 0 Å². The standard InChI is InChI=1S/C10H10N2O2S/c1-6-9(12-10(15)11-6)8(13)5-7-3-2-4-14-7/h2-4H,5H2,1H3,(H2,11,12,15). The smallest absolute Gasteiger partial charge is 0.188 e. The van der Waals surface area contributed by atoms with E-state index in [0.717, 1.165) is 5.69 Å². The van der Waals surface area contributed by atoms with Crippen LogP contribution < -0.4 is 0 Å². The van der Waals surface area contributed by atoms with Crippen molar-refractivity contribution in [3.63, 3.8) is 0 Å². The number of aromatic amines is 2. The van der Waals surface area contributed by atoms with Gasteiger partial charge in [0.2, 0.25) is 0 Å². The number of hydrogen-bond acceptors (Lipinski definition) is 3. The van der Waals surface area contributed by atoms with E-state index in [2.05, 4.69) is 9.97 Å². The summed E-state index contributed by atoms with van der Waals surface area (Å²) in [6, 6.07) is 3.53. The molecule has 0 radical (unpaired) electrons. The minimum atomic E-state index is -0.0326. The monoisotopic (exact) mass is 222 g/mol. The number of rotatable bonds is 3. The number of H-pyrrole nitrogens is 2. The molecule has 4 nitrogen and oxygen atoms in total. The van der Waals surface area contributed by atoms with Crippen LogP contribution in [0.3, 0.4) is 0 Å². The third-order valence-corrected chi connectivity index (χ3v) is 2.31. The lowest BCUT2D eigenvalue weighted by molar-refractivity contribution is 0.0982. The Bertz CT molecular complexity index is 522. The van der Waals surface area contributed by atoms with Crippen molar-refractivity contribution in [1.29, 1.82) is 0 Å². The van der Waals surface area contributed by atoms with Crippen molar-refractivity contribution in [3.8, 4) is 0 Å². The minimum absolute atomic E-state index is 0.0326. The van der Waals surface area contributed by atoms with Crippen molar-refractivity contribution in [1.82, 2.24) is 9.97 Å². The highest BCUT2D eigenvalue weighted by atomic mass is 32.1. The van der Waals surface area contributed by atoms with Crippen LogP contribution in [0.1, 0.15) is 21.9 Å². The van der Waals surface area contributed by atoms with Gasteiger partial charge in [0.15, 0.2) is 10.6 Å². The Labute approximate surface area is 91.3 Å². The lowest BCUT2D eigenvalue weighted by atomic mass is 10.1. The molecule has 2 heterocycles. The first-order valence-electron chi connectivity index (χ1n) is 4.51. The summed E-state index contributed by atoms with van der Waals surface area (Å²) in [5, 5.41) is 0. The Balaban J connectivity index is 2.22. The van der Waals surface area contributed by atoms with E-state index in [1.807, 2.05) is 6.92 Å². The zero-order valence-corrected chi connectivity index (χ0v) is 8.98. The van der Waals surface area contributed by atoms with Gasteiger partial charge in [-0.2, -0.15) is 0 Å². The van der Waals surface area contributed by atoms with Gasteiger partial charge in [-0.3, -0.25) is 4.79 Å². The molecular weight excluding hydrogens is 212 g/mol. The highest BCUT2D eigenvalue weighted by Crippen LogP contribution is 2.09. The molecule has 15 heavy (non-hydrogen) atoms. The summed E-state index contributed by atoms with van der Waals surface area (Å²) in [5.41, 5.74) is 1.29. The second-order valence-electron chi connectivity index (χ2n) is 3.26. The quantitative estimate of drug-likeness (QED) is 0.619. The maximum atomic E-state index is 11.8. The maximum Gasteiger partial charge on any atom is 0.188 e. The SMILES string of the molecule is Cc1[nH]c(=S)[nH]c1C(=O)Cc1ccco1. The molecule has 2 aromatic heterocycles. The van der Waals surface area contributed by atoms with Crippen molar-refractivity contribution >= 4 is 18.0 Å². The Morgan fingerprint density at radius 3 is 2.87 bits per heavy atom. The fraction of sp³-hybridized carbons (Fsp3) is 0.200. The molecular formula is C10H10N2O2S. The summed E-state index contributed by atoms with van der Waals surface area (Å²) < 4.78 is 5.57. The number of furan rings is 1. The van der Waals surface area contributed by atoms with Gasteiger partial charge in [-0.25, -0.2) is 0 Å². The number of nitrogens with one attached hydrogen (secondary N) is 2. The molecule has 0 atom stereocenters. The molecule has 78 valence electrons. The van der Waals surface area contributed by atoms with Crippen LogP contribution in [-0.4, -0.2) is 15.8 Å². The number of carbonyl (C=O) groups is 1. The predicted molar refractivity (Wildman–Crippen MR) is 57.5 cm³/mol. The Morgan fingerprint density at radius 1 is 1.53 bits per heavy atom. The highest BCUT2D eigenvalue weighted by molar-refractivity contribution is 7.71. The molecule has 0 aliphatic rings. The number of aromatic nitrogens is 2. The van der Waals surface area contributed by atoms with Crippen LogP contribution in [0, 0.1) is 11.7 Å². The van der Waals surface area contributed by atoms with E-state index in [1.54, 1.807) is 18.4 Å². The van der Waals surface area contributed by atoms with Gasteiger partial charge in [-0.15, -0.1) is 0 Å². The molecule has 2 N–H and O–H groups in total. The van der Waals surface area contributed by atoms with Crippen molar-refractivity contribution in [3.05, 3.63) is 40.3 Å². The number of carbonyl (C=O) groups excluding carboxylic acids is 1. The second-order valence-corrected chi connectivity index (χ2v) is 3.67. The zero-order chi connectivity index (χ0) is 10.8. The summed E-state index contributed by atoms with van der Waals surface area (Å²) >= 11 is 4.90. The fourth-order valence-electron chi connectivity index (χ4n) is 1.41. The van der Waals surface area contributed by atoms with Gasteiger partial charge in [0, 0.05) is 5.69 Å². The predicted octanol–water partition coefficient (Wildman–Crippen LogP) is 2.40. The molecule has 0 bridgehead atoms. The van der Waals surface area contributed by atoms with Gasteiger partial charge in [0.1, 0.15) is 11.5 Å². The molecule has 2 rings (SSSR count). The van der Waals surface area contributed by atoms with Crippen LogP contribution in [0.2, 0.25) is 0 Å². The number of hydrogen-bond donors (Lipinski definition) is 2. The van der Waals surface area contributed by atoms with Gasteiger partial charge >= 0.3 is 0 Å². The fourth-order valence-corrected chi connectivity index (χ4v) is 1.67. The van der Waals surface area contributed by atoms with Gasteiger partial charge in [0.05, 0.1) is 12.7 Å². The lowest BCUT2D eigenvalue weighted by Gasteiger charge is -1.96. The first kappa shape index (κ1) is 9.92. The first-order valence-corrected chi connectivity index (χ1v) is 4.92. The van der Waals surface area contributed by atoms with E-state index in [9.17, 15) is 4.79 Å². The van der Waals surface area contributed by atoms with E-state index >= 15 is 0 Å². The number of imidazole rings is 1. The minimum Gasteiger partial charge on any atom is -0.469 e. The third-order valence-electron chi connectivity index (χ3n) is 2.11. The van der Waals surface area contributed by atoms with E-state index in [4.69, 9.17) is 16.6 Å². The molecule has 0 saturated heterocycles. The molecule has 0 aliphatic carbocycles. The average Bonchev–Trinajstić information content (AvgIpc) is 2.75. The summed E-state index contributed by atoms with van der Waals surface area (Å²) in [7, 11) is 0. The molecule has 0 spiro atoms. The van der Waals surface area contributed by atoms with Crippen LogP contribution in [0.5, 0.6) is 0 Å². The highest BCUT2D eigenvalue weighted by Gasteiger charge is 2.13. The Morgan fingerprint density at radius 2 is 2.33 bits per heavy atom. The topological polar surface area (TPSA) is 61.8 Å². The molecule has 0 unspecified atom stereocenters. The Hall–Kier alpha value is -1.62. The second kappa shape index (κ2) is 3.86. The van der Waals surface area contributed by atoms with E-state index < -0.39 is 0 Å². The van der Waals surface area contributed by atoms with E-state index in [1.165, 1.54) is 0 Å². The Kier molecular flexibility index (Phi) is 2.55. The van der Waals surface area contributed by atoms with Crippen LogP contribution in [0.25, 0.3) is 0 Å². The lowest BCUT2D eigenvalue weighted by Crippen LogP contribution is -2.05. The summed E-state index contributed by atoms with van der Waals surface area (Å²) in [6.45, 7) is 1.81. The first-order chi connectivity index (χ1) is 7.16. The van der Waals surface area contributed by atoms with Crippen molar-refractivity contribution in [2.24, 2.45) is 0 Å². The number of ketones is 1. The van der Waals surface area contributed by atoms with Crippen molar-refractivity contribution in [2.75, 3.05) is 0 Å². The molecule has 0 aliphatic heterocycles. The van der Waals surface area contributed by atoms with Gasteiger partial charge < -0.3 is 14.4 Å². The van der Waals surface area contributed by atoms with Crippen LogP contribution in [-0.2, 0) is 6.42 Å². The third kappa shape index (κ3) is 2.07. The number of Topliss-reactive ketones (excluding diaryl/α,β-unsaturated/α-hetero) is 1. The van der Waals surface area contributed by atoms with Gasteiger partial charge in [-0.05, 0) is 31.3 Å². The van der Waals surface area contributed by atoms with Crippen molar-refractivity contribution in [2.45, 2.75) is 13.3 Å². The summed E-state index contributed by atoms with van der Waals surface area (Å²) in [4.78, 5) is 17.5. The van der Waals surface area contributed by atoms with Gasteiger partial charge in [0.25, 0.3) is 0 Å². The normalized spacial score (nSPS) is 10.5. The maximum absolute atomic E-state index is 11.8. The van der Waals surface area contributed by atoms with Crippen molar-refractivity contribution < 1.29 is 9.21 Å². The molecule has 0 amide bonds. The van der Waals surface area contributed by atoms with Crippen LogP contribution in [0.4, 0.5) is 0 Å². The molecule has 2 aromatic rings. The summed E-state index contributed by atoms with van der Waals surface area (Å²) in [5.74, 6) is 0.620. The molecule has 0 aromatic carbocycles. The van der Waals surface area contributed by atoms with Crippen LogP contribution in [0.15, 0.2) is 22.8 Å². The van der Waals surface area contributed by atoms with E-state index in [-0.39, 0.29) is 12.2 Å². The molecule has 5 heteroatoms.